The van der Waals surface area contributed by atoms with Crippen LogP contribution in [-0.2, 0) is 0 Å². The van der Waals surface area contributed by atoms with Gasteiger partial charge in [0.15, 0.2) is 5.84 Å². The molecular weight excluding hydrogens is 254 g/mol. The van der Waals surface area contributed by atoms with Gasteiger partial charge in [0.2, 0.25) is 0 Å². The van der Waals surface area contributed by atoms with E-state index in [4.69, 9.17) is 22.5 Å². The number of benzene rings is 1. The van der Waals surface area contributed by atoms with Crippen LogP contribution in [0.4, 0.5) is 0 Å². The van der Waals surface area contributed by atoms with E-state index < -0.39 is 0 Å². The van der Waals surface area contributed by atoms with Gasteiger partial charge >= 0.3 is 0 Å². The van der Waals surface area contributed by atoms with E-state index in [0.717, 1.165) is 0 Å². The number of nitrogens with zero attached hydrogens (tertiary/aromatic N) is 4. The summed E-state index contributed by atoms with van der Waals surface area (Å²) in [5.41, 5.74) is 6.79. The fourth-order valence-electron chi connectivity index (χ4n) is 1.70. The molecule has 0 atom stereocenters. The molecule has 7 heteroatoms. The lowest BCUT2D eigenvalue weighted by molar-refractivity contribution is 0.318. The highest BCUT2D eigenvalue weighted by Gasteiger charge is 2.13. The average molecular weight is 266 g/mol. The first-order chi connectivity index (χ1) is 8.52. The maximum absolute atomic E-state index is 8.79. The second-order valence-electron chi connectivity index (χ2n) is 3.76. The quantitative estimate of drug-likeness (QED) is 0.374. The minimum absolute atomic E-state index is 0.00535. The average Bonchev–Trinajstić information content (AvgIpc) is 2.67. The van der Waals surface area contributed by atoms with E-state index in [2.05, 4.69) is 15.2 Å². The number of nitrogens with two attached hydrogens (primary N) is 1. The number of oxime groups is 1. The van der Waals surface area contributed by atoms with Crippen LogP contribution in [0.25, 0.3) is 5.69 Å². The minimum Gasteiger partial charge on any atom is -0.409 e. The highest BCUT2D eigenvalue weighted by atomic mass is 35.5. The molecule has 2 aromatic rings. The van der Waals surface area contributed by atoms with Crippen molar-refractivity contribution in [3.8, 4) is 5.69 Å². The second kappa shape index (κ2) is 4.66. The Kier molecular flexibility index (Phi) is 3.20. The highest BCUT2D eigenvalue weighted by molar-refractivity contribution is 6.31. The van der Waals surface area contributed by atoms with Crippen molar-refractivity contribution < 1.29 is 5.21 Å². The van der Waals surface area contributed by atoms with Gasteiger partial charge in [0.05, 0.1) is 5.69 Å². The first-order valence-electron chi connectivity index (χ1n) is 5.21. The Morgan fingerprint density at radius 2 is 2.17 bits per heavy atom. The summed E-state index contributed by atoms with van der Waals surface area (Å²) in [7, 11) is 0. The summed E-state index contributed by atoms with van der Waals surface area (Å²) in [6.45, 7) is 3.61. The van der Waals surface area contributed by atoms with E-state index >= 15 is 0 Å². The predicted octanol–water partition coefficient (Wildman–Crippen LogP) is 1.63. The summed E-state index contributed by atoms with van der Waals surface area (Å²) in [5, 5.41) is 16.6. The van der Waals surface area contributed by atoms with Gasteiger partial charge < -0.3 is 10.9 Å². The van der Waals surface area contributed by atoms with Gasteiger partial charge in [0.25, 0.3) is 0 Å². The van der Waals surface area contributed by atoms with Crippen molar-refractivity contribution in [1.82, 2.24) is 14.8 Å². The Morgan fingerprint density at radius 3 is 2.72 bits per heavy atom. The molecule has 0 aliphatic rings. The molecule has 0 amide bonds. The van der Waals surface area contributed by atoms with Crippen LogP contribution in [0.5, 0.6) is 0 Å². The summed E-state index contributed by atoms with van der Waals surface area (Å²) in [6, 6.07) is 5.02. The largest absolute Gasteiger partial charge is 0.409 e. The number of aromatic nitrogens is 3. The molecule has 0 radical (unpaired) electrons. The lowest BCUT2D eigenvalue weighted by Crippen LogP contribution is -2.17. The fourth-order valence-corrected chi connectivity index (χ4v) is 1.87. The van der Waals surface area contributed by atoms with E-state index in [9.17, 15) is 0 Å². The van der Waals surface area contributed by atoms with E-state index in [1.54, 1.807) is 29.8 Å². The third kappa shape index (κ3) is 2.14. The van der Waals surface area contributed by atoms with Gasteiger partial charge in [-0.25, -0.2) is 9.67 Å². The van der Waals surface area contributed by atoms with Gasteiger partial charge in [-0.3, -0.25) is 0 Å². The zero-order chi connectivity index (χ0) is 13.3. The van der Waals surface area contributed by atoms with Crippen LogP contribution in [0, 0.1) is 13.8 Å². The molecule has 1 heterocycles. The standard InChI is InChI=1S/C11H12ClN5O/c1-6-14-7(2)17(15-6)10-5-8(12)3-4-9(10)11(13)16-18/h3-5,18H,1-2H3,(H2,13,16). The zero-order valence-corrected chi connectivity index (χ0v) is 10.7. The van der Waals surface area contributed by atoms with Gasteiger partial charge in [0.1, 0.15) is 11.6 Å². The molecule has 2 rings (SSSR count). The first-order valence-corrected chi connectivity index (χ1v) is 5.59. The number of hydrogen-bond donors (Lipinski definition) is 2. The van der Waals surface area contributed by atoms with E-state index in [1.165, 1.54) is 0 Å². The van der Waals surface area contributed by atoms with Gasteiger partial charge in [-0.15, -0.1) is 0 Å². The minimum atomic E-state index is -0.00535. The lowest BCUT2D eigenvalue weighted by Gasteiger charge is -2.09. The maximum Gasteiger partial charge on any atom is 0.172 e. The number of hydrogen-bond acceptors (Lipinski definition) is 4. The molecule has 0 fully saturated rings. The molecule has 18 heavy (non-hydrogen) atoms. The molecule has 0 aliphatic carbocycles. The molecule has 0 saturated carbocycles. The second-order valence-corrected chi connectivity index (χ2v) is 4.20. The topological polar surface area (TPSA) is 89.3 Å². The summed E-state index contributed by atoms with van der Waals surface area (Å²) in [5.74, 6) is 1.33. The molecule has 0 bridgehead atoms. The summed E-state index contributed by atoms with van der Waals surface area (Å²) < 4.78 is 1.61. The first kappa shape index (κ1) is 12.4. The van der Waals surface area contributed by atoms with Gasteiger partial charge in [-0.05, 0) is 32.0 Å². The van der Waals surface area contributed by atoms with E-state index in [1.807, 2.05) is 6.92 Å². The van der Waals surface area contributed by atoms with Crippen LogP contribution in [0.3, 0.4) is 0 Å². The molecule has 1 aromatic heterocycles. The number of amidine groups is 1. The van der Waals surface area contributed by atoms with Gasteiger partial charge in [0, 0.05) is 10.6 Å². The Morgan fingerprint density at radius 1 is 1.44 bits per heavy atom. The maximum atomic E-state index is 8.79. The van der Waals surface area contributed by atoms with Crippen molar-refractivity contribution >= 4 is 17.4 Å². The van der Waals surface area contributed by atoms with Crippen LogP contribution in [0.15, 0.2) is 23.4 Å². The summed E-state index contributed by atoms with van der Waals surface area (Å²) >= 11 is 5.97. The molecule has 94 valence electrons. The van der Waals surface area contributed by atoms with Crippen molar-refractivity contribution in [2.45, 2.75) is 13.8 Å². The van der Waals surface area contributed by atoms with Crippen LogP contribution in [0.2, 0.25) is 5.02 Å². The van der Waals surface area contributed by atoms with Crippen molar-refractivity contribution in [3.05, 3.63) is 40.4 Å². The molecule has 6 nitrogen and oxygen atoms in total. The zero-order valence-electron chi connectivity index (χ0n) is 9.92. The SMILES string of the molecule is Cc1nc(C)n(-c2cc(Cl)ccc2C(N)=NO)n1. The molecule has 3 N–H and O–H groups in total. The third-order valence-electron chi connectivity index (χ3n) is 2.45. The fraction of sp³-hybridized carbons (Fsp3) is 0.182. The van der Waals surface area contributed by atoms with Crippen LogP contribution in [0.1, 0.15) is 17.2 Å². The van der Waals surface area contributed by atoms with Crippen molar-refractivity contribution in [3.63, 3.8) is 0 Å². The van der Waals surface area contributed by atoms with Crippen LogP contribution >= 0.6 is 11.6 Å². The van der Waals surface area contributed by atoms with Crippen molar-refractivity contribution in [1.29, 1.82) is 0 Å². The smallest absolute Gasteiger partial charge is 0.172 e. The molecule has 0 unspecified atom stereocenters. The van der Waals surface area contributed by atoms with Gasteiger partial charge in [-0.2, -0.15) is 5.10 Å². The molecular formula is C11H12ClN5O. The van der Waals surface area contributed by atoms with E-state index in [0.29, 0.717) is 27.9 Å². The Hall–Kier alpha value is -2.08. The van der Waals surface area contributed by atoms with Crippen LogP contribution < -0.4 is 5.73 Å². The summed E-state index contributed by atoms with van der Waals surface area (Å²) in [6.07, 6.45) is 0. The number of aryl methyl sites for hydroxylation is 2. The number of rotatable bonds is 2. The Balaban J connectivity index is 2.69. The van der Waals surface area contributed by atoms with Crippen molar-refractivity contribution in [2.75, 3.05) is 0 Å². The van der Waals surface area contributed by atoms with Crippen LogP contribution in [-0.4, -0.2) is 25.8 Å². The molecule has 1 aromatic carbocycles. The molecule has 0 aliphatic heterocycles. The van der Waals surface area contributed by atoms with Gasteiger partial charge in [-0.1, -0.05) is 16.8 Å². The highest BCUT2D eigenvalue weighted by Crippen LogP contribution is 2.20. The molecule has 0 saturated heterocycles. The Bertz CT molecular complexity index is 620. The summed E-state index contributed by atoms with van der Waals surface area (Å²) in [4.78, 5) is 4.21. The monoisotopic (exact) mass is 265 g/mol. The predicted molar refractivity (Wildman–Crippen MR) is 68.4 cm³/mol. The Labute approximate surface area is 109 Å². The third-order valence-corrected chi connectivity index (χ3v) is 2.68. The molecule has 0 spiro atoms. The van der Waals surface area contributed by atoms with E-state index in [-0.39, 0.29) is 5.84 Å². The van der Waals surface area contributed by atoms with Crippen molar-refractivity contribution in [2.24, 2.45) is 10.9 Å². The number of halogens is 1. The normalized spacial score (nSPS) is 11.8. The lowest BCUT2D eigenvalue weighted by atomic mass is 10.1.